The molecule has 23 heavy (non-hydrogen) atoms. The van der Waals surface area contributed by atoms with Gasteiger partial charge in [-0.25, -0.2) is 22.0 Å². The number of rotatable bonds is 1. The van der Waals surface area contributed by atoms with Crippen molar-refractivity contribution < 1.29 is 26.7 Å². The Morgan fingerprint density at radius 1 is 0.652 bits per heavy atom. The summed E-state index contributed by atoms with van der Waals surface area (Å²) in [5, 5.41) is 0. The second kappa shape index (κ2) is 9.82. The molecule has 6 heteroatoms. The molecule has 0 saturated heterocycles. The molecular weight excluding hydrogens is 315 g/mol. The van der Waals surface area contributed by atoms with Crippen LogP contribution in [0, 0.1) is 42.9 Å². The second-order valence-corrected chi connectivity index (χ2v) is 4.30. The molecule has 128 valence electrons. The Bertz CT molecular complexity index is 595. The van der Waals surface area contributed by atoms with Gasteiger partial charge in [-0.2, -0.15) is 0 Å². The average molecular weight is 334 g/mol. The van der Waals surface area contributed by atoms with Gasteiger partial charge in [0.1, 0.15) is 0 Å². The molecule has 0 aliphatic carbocycles. The number of ether oxygens (including phenoxy) is 1. The standard InChI is InChI=1S/C8H8F2O.C7H5F3.C2H6/c1-5-3-6(9)8(11-2)7(10)4-5;1-4-2-5(8)7(10)6(9)3-4;1-2/h3-4H,1-2H3;2-3H,1H3;1-2H3. The third kappa shape index (κ3) is 6.26. The summed E-state index contributed by atoms with van der Waals surface area (Å²) in [6.45, 7) is 7.11. The fourth-order valence-electron chi connectivity index (χ4n) is 1.56. The van der Waals surface area contributed by atoms with Crippen molar-refractivity contribution in [2.24, 2.45) is 0 Å². The highest BCUT2D eigenvalue weighted by Crippen LogP contribution is 2.21. The fraction of sp³-hybridized carbons (Fsp3) is 0.294. The van der Waals surface area contributed by atoms with E-state index in [2.05, 4.69) is 4.74 Å². The molecule has 0 aromatic heterocycles. The summed E-state index contributed by atoms with van der Waals surface area (Å²) in [6, 6.07) is 4.33. The Kier molecular flexibility index (Phi) is 8.92. The van der Waals surface area contributed by atoms with E-state index in [0.717, 1.165) is 12.1 Å². The van der Waals surface area contributed by atoms with Crippen LogP contribution in [-0.2, 0) is 0 Å². The molecule has 0 saturated carbocycles. The first-order valence-corrected chi connectivity index (χ1v) is 6.87. The Morgan fingerprint density at radius 3 is 1.26 bits per heavy atom. The van der Waals surface area contributed by atoms with Gasteiger partial charge in [0.15, 0.2) is 34.8 Å². The minimum Gasteiger partial charge on any atom is -0.491 e. The van der Waals surface area contributed by atoms with Crippen LogP contribution >= 0.6 is 0 Å². The van der Waals surface area contributed by atoms with E-state index in [-0.39, 0.29) is 5.75 Å². The summed E-state index contributed by atoms with van der Waals surface area (Å²) in [5.74, 6) is -5.34. The summed E-state index contributed by atoms with van der Waals surface area (Å²) < 4.78 is 66.6. The molecule has 0 aliphatic heterocycles. The molecule has 0 amide bonds. The van der Waals surface area contributed by atoms with Crippen LogP contribution in [0.15, 0.2) is 24.3 Å². The maximum absolute atomic E-state index is 12.7. The van der Waals surface area contributed by atoms with E-state index in [0.29, 0.717) is 11.1 Å². The number of hydrogen-bond donors (Lipinski definition) is 0. The van der Waals surface area contributed by atoms with E-state index in [9.17, 15) is 22.0 Å². The largest absolute Gasteiger partial charge is 0.491 e. The summed E-state index contributed by atoms with van der Waals surface area (Å²) in [4.78, 5) is 0. The molecule has 1 nitrogen and oxygen atoms in total. The molecule has 0 spiro atoms. The summed E-state index contributed by atoms with van der Waals surface area (Å²) in [7, 11) is 1.23. The minimum atomic E-state index is -1.41. The summed E-state index contributed by atoms with van der Waals surface area (Å²) >= 11 is 0. The number of benzene rings is 2. The van der Waals surface area contributed by atoms with Crippen molar-refractivity contribution in [3.05, 3.63) is 64.5 Å². The first-order chi connectivity index (χ1) is 10.8. The van der Waals surface area contributed by atoms with E-state index >= 15 is 0 Å². The Balaban J connectivity index is 0.000000381. The van der Waals surface area contributed by atoms with E-state index in [4.69, 9.17) is 0 Å². The van der Waals surface area contributed by atoms with Crippen LogP contribution in [0.5, 0.6) is 5.75 Å². The Hall–Kier alpha value is -2.11. The van der Waals surface area contributed by atoms with Gasteiger partial charge in [-0.3, -0.25) is 0 Å². The molecule has 2 aromatic carbocycles. The summed E-state index contributed by atoms with van der Waals surface area (Å²) in [5.41, 5.74) is 0.914. The molecule has 0 radical (unpaired) electrons. The Morgan fingerprint density at radius 2 is 0.957 bits per heavy atom. The lowest BCUT2D eigenvalue weighted by Gasteiger charge is -2.03. The van der Waals surface area contributed by atoms with Gasteiger partial charge in [-0.1, -0.05) is 13.8 Å². The van der Waals surface area contributed by atoms with Crippen LogP contribution in [0.3, 0.4) is 0 Å². The highest BCUT2D eigenvalue weighted by atomic mass is 19.2. The minimum absolute atomic E-state index is 0.324. The molecule has 2 aromatic rings. The molecule has 0 N–H and O–H groups in total. The first kappa shape index (κ1) is 20.9. The maximum Gasteiger partial charge on any atom is 0.194 e. The van der Waals surface area contributed by atoms with Gasteiger partial charge in [0.05, 0.1) is 7.11 Å². The molecule has 0 aliphatic rings. The SMILES string of the molecule is CC.COc1c(F)cc(C)cc1F.Cc1cc(F)c(F)c(F)c1. The van der Waals surface area contributed by atoms with Crippen LogP contribution in [-0.4, -0.2) is 7.11 Å². The molecule has 0 fully saturated rings. The van der Waals surface area contributed by atoms with Gasteiger partial charge in [-0.15, -0.1) is 0 Å². The van der Waals surface area contributed by atoms with Gasteiger partial charge in [-0.05, 0) is 49.2 Å². The molecule has 0 bridgehead atoms. The molecular formula is C17H19F5O. The monoisotopic (exact) mass is 334 g/mol. The number of halogens is 5. The first-order valence-electron chi connectivity index (χ1n) is 6.87. The highest BCUT2D eigenvalue weighted by Gasteiger charge is 2.09. The average Bonchev–Trinajstić information content (AvgIpc) is 2.47. The number of methoxy groups -OCH3 is 1. The van der Waals surface area contributed by atoms with Gasteiger partial charge in [0.2, 0.25) is 0 Å². The lowest BCUT2D eigenvalue weighted by atomic mass is 10.2. The van der Waals surface area contributed by atoms with Crippen molar-refractivity contribution >= 4 is 0 Å². The van der Waals surface area contributed by atoms with Crippen LogP contribution in [0.2, 0.25) is 0 Å². The van der Waals surface area contributed by atoms with Gasteiger partial charge in [0.25, 0.3) is 0 Å². The lowest BCUT2D eigenvalue weighted by molar-refractivity contribution is 0.359. The maximum atomic E-state index is 12.7. The smallest absolute Gasteiger partial charge is 0.194 e. The van der Waals surface area contributed by atoms with E-state index in [1.807, 2.05) is 13.8 Å². The van der Waals surface area contributed by atoms with Crippen LogP contribution < -0.4 is 4.74 Å². The van der Waals surface area contributed by atoms with E-state index < -0.39 is 29.1 Å². The number of hydrogen-bond acceptors (Lipinski definition) is 1. The molecule has 0 atom stereocenters. The lowest BCUT2D eigenvalue weighted by Crippen LogP contribution is -1.92. The van der Waals surface area contributed by atoms with Crippen molar-refractivity contribution in [1.29, 1.82) is 0 Å². The normalized spacial score (nSPS) is 9.30. The summed E-state index contributed by atoms with van der Waals surface area (Å²) in [6.07, 6.45) is 0. The zero-order chi connectivity index (χ0) is 18.2. The quantitative estimate of drug-likeness (QED) is 0.479. The third-order valence-corrected chi connectivity index (χ3v) is 2.47. The molecule has 0 heterocycles. The van der Waals surface area contributed by atoms with Crippen molar-refractivity contribution in [3.8, 4) is 5.75 Å². The second-order valence-electron chi connectivity index (χ2n) is 4.30. The predicted molar refractivity (Wildman–Crippen MR) is 80.0 cm³/mol. The molecule has 2 rings (SSSR count). The van der Waals surface area contributed by atoms with Crippen LogP contribution in [0.4, 0.5) is 22.0 Å². The van der Waals surface area contributed by atoms with Crippen molar-refractivity contribution in [1.82, 2.24) is 0 Å². The zero-order valence-corrected chi connectivity index (χ0v) is 13.6. The van der Waals surface area contributed by atoms with E-state index in [1.165, 1.54) is 26.2 Å². The fourth-order valence-corrected chi connectivity index (χ4v) is 1.56. The van der Waals surface area contributed by atoms with Gasteiger partial charge in [0, 0.05) is 0 Å². The van der Waals surface area contributed by atoms with Crippen molar-refractivity contribution in [2.45, 2.75) is 27.7 Å². The van der Waals surface area contributed by atoms with E-state index in [1.54, 1.807) is 6.92 Å². The topological polar surface area (TPSA) is 9.23 Å². The van der Waals surface area contributed by atoms with Crippen molar-refractivity contribution in [2.75, 3.05) is 7.11 Å². The zero-order valence-electron chi connectivity index (χ0n) is 13.6. The van der Waals surface area contributed by atoms with Gasteiger partial charge >= 0.3 is 0 Å². The predicted octanol–water partition coefficient (Wildman–Crippen LogP) is 5.72. The van der Waals surface area contributed by atoms with Crippen LogP contribution in [0.1, 0.15) is 25.0 Å². The Labute approximate surface area is 132 Å². The molecule has 0 unspecified atom stereocenters. The highest BCUT2D eigenvalue weighted by molar-refractivity contribution is 5.30. The third-order valence-electron chi connectivity index (χ3n) is 2.47. The van der Waals surface area contributed by atoms with Crippen LogP contribution in [0.25, 0.3) is 0 Å². The van der Waals surface area contributed by atoms with Crippen molar-refractivity contribution in [3.63, 3.8) is 0 Å². The van der Waals surface area contributed by atoms with Gasteiger partial charge < -0.3 is 4.74 Å². The number of aryl methyl sites for hydroxylation is 2.